The lowest BCUT2D eigenvalue weighted by Gasteiger charge is -2.32. The summed E-state index contributed by atoms with van der Waals surface area (Å²) in [5.74, 6) is -9.80. The van der Waals surface area contributed by atoms with Gasteiger partial charge in [-0.15, -0.1) is 0 Å². The fourth-order valence-corrected chi connectivity index (χ4v) is 11.5. The minimum absolute atomic E-state index is 0.0736. The average Bonchev–Trinajstić information content (AvgIpc) is 1.74. The molecule has 2 aromatic rings. The number of nitrogens with zero attached hydrogens (tertiary/aromatic N) is 3. The molecule has 95 heavy (non-hydrogen) atoms. The number of nitrogens with one attached hydrogen (secondary N) is 8. The summed E-state index contributed by atoms with van der Waals surface area (Å²) < 4.78 is 0. The van der Waals surface area contributed by atoms with Crippen molar-refractivity contribution in [2.45, 2.75) is 183 Å². The van der Waals surface area contributed by atoms with Gasteiger partial charge in [0.05, 0.1) is 12.6 Å². The van der Waals surface area contributed by atoms with Gasteiger partial charge in [-0.25, -0.2) is 0 Å². The molecule has 0 saturated carbocycles. The number of guanidine groups is 1. The molecule has 2 aliphatic heterocycles. The Morgan fingerprint density at radius 2 is 1.01 bits per heavy atom. The van der Waals surface area contributed by atoms with E-state index in [9.17, 15) is 62.3 Å². The Labute approximate surface area is 558 Å². The predicted octanol–water partition coefficient (Wildman–Crippen LogP) is -3.71. The third-order valence-corrected chi connectivity index (χ3v) is 16.7. The normalized spacial score (nSPS) is 16.8. The molecule has 0 bridgehead atoms. The zero-order valence-corrected chi connectivity index (χ0v) is 55.3. The van der Waals surface area contributed by atoms with E-state index in [1.807, 2.05) is 20.1 Å². The second kappa shape index (κ2) is 41.0. The molecule has 2 aromatic carbocycles. The molecule has 32 heteroatoms. The minimum Gasteiger partial charge on any atom is -0.370 e. The third-order valence-electron chi connectivity index (χ3n) is 16.0. The van der Waals surface area contributed by atoms with E-state index < -0.39 is 169 Å². The lowest BCUT2D eigenvalue weighted by molar-refractivity contribution is -0.144. The molecule has 524 valence electrons. The highest BCUT2D eigenvalue weighted by Crippen LogP contribution is 2.24. The maximum absolute atomic E-state index is 14.7. The van der Waals surface area contributed by atoms with E-state index in [0.717, 1.165) is 0 Å². The Kier molecular flexibility index (Phi) is 33.9. The van der Waals surface area contributed by atoms with Crippen molar-refractivity contribution in [3.05, 3.63) is 71.8 Å². The van der Waals surface area contributed by atoms with Crippen LogP contribution in [-0.2, 0) is 75.2 Å². The quantitative estimate of drug-likeness (QED) is 0.0173. The summed E-state index contributed by atoms with van der Waals surface area (Å²) in [6, 6.07) is 4.51. The molecule has 0 radical (unpaired) electrons. The van der Waals surface area contributed by atoms with E-state index in [2.05, 4.69) is 47.5 Å². The van der Waals surface area contributed by atoms with Gasteiger partial charge >= 0.3 is 0 Å². The highest BCUT2D eigenvalue weighted by molar-refractivity contribution is 7.98. The highest BCUT2D eigenvalue weighted by Gasteiger charge is 2.42. The molecule has 2 heterocycles. The molecule has 0 spiro atoms. The number of aliphatic imine (C=N–C) groups is 1. The number of likely N-dealkylation sites (tertiary alicyclic amines) is 2. The van der Waals surface area contributed by atoms with E-state index in [-0.39, 0.29) is 83.0 Å². The van der Waals surface area contributed by atoms with Crippen LogP contribution >= 0.6 is 11.8 Å². The molecule has 10 atom stereocenters. The first-order chi connectivity index (χ1) is 45.2. The van der Waals surface area contributed by atoms with Gasteiger partial charge in [0.1, 0.15) is 54.4 Å². The number of carbonyl (C=O) groups excluding carboxylic acids is 13. The number of hydrogen-bond donors (Lipinski definition) is 15. The van der Waals surface area contributed by atoms with Crippen molar-refractivity contribution in [2.75, 3.05) is 44.7 Å². The van der Waals surface area contributed by atoms with Gasteiger partial charge in [-0.2, -0.15) is 11.8 Å². The number of carbonyl (C=O) groups is 13. The molecule has 2 aliphatic rings. The van der Waals surface area contributed by atoms with Gasteiger partial charge in [-0.05, 0) is 119 Å². The van der Waals surface area contributed by atoms with Crippen LogP contribution in [0.1, 0.15) is 121 Å². The molecular formula is C63H98N18O13S. The molecular weight excluding hydrogens is 1250 g/mol. The Morgan fingerprint density at radius 1 is 0.537 bits per heavy atom. The van der Waals surface area contributed by atoms with Crippen molar-refractivity contribution >= 4 is 94.5 Å². The van der Waals surface area contributed by atoms with Crippen LogP contribution in [0.15, 0.2) is 65.7 Å². The second-order valence-electron chi connectivity index (χ2n) is 24.1. The summed E-state index contributed by atoms with van der Waals surface area (Å²) in [5.41, 5.74) is 40.6. The monoisotopic (exact) mass is 1350 g/mol. The van der Waals surface area contributed by atoms with Gasteiger partial charge in [0.2, 0.25) is 76.8 Å². The van der Waals surface area contributed by atoms with Crippen molar-refractivity contribution < 1.29 is 62.3 Å². The Balaban J connectivity index is 1.56. The van der Waals surface area contributed by atoms with E-state index >= 15 is 0 Å². The zero-order chi connectivity index (χ0) is 70.1. The van der Waals surface area contributed by atoms with Crippen molar-refractivity contribution in [3.8, 4) is 0 Å². The largest absolute Gasteiger partial charge is 0.370 e. The number of benzene rings is 2. The number of thioether (sulfide) groups is 1. The standard InChI is InChI=1S/C63H98N18O13S/c1-37(2)33-45(57(89)74-41(53(68)85)27-32-95-3)73-52(84)36-72-54(86)46(34-38-15-6-4-7-16-38)78-58(90)47(35-39-17-8-5-9-18-39)79-56(88)42(23-25-50(66)82)75-55(87)43(24-26-51(67)83)76-59(91)49-22-14-31-81(49)62(94)44(20-10-11-28-64)77-60(92)48-21-13-30-80(48)61(93)40(65)19-12-29-71-63(69)70/h4-9,15-18,37,40-49H,10-14,19-36,64-65H2,1-3H3,(H2,66,82)(H2,67,83)(H2,68,85)(H,72,86)(H,73,84)(H,74,89)(H,75,87)(H,76,91)(H,77,92)(H,78,90)(H,79,88)(H4,69,70,71)/t40-,41+,42+,43-,44-,45-,46-,47-,48+,49+/m1/s1. The van der Waals surface area contributed by atoms with Crippen LogP contribution in [-0.4, -0.2) is 198 Å². The van der Waals surface area contributed by atoms with Crippen molar-refractivity contribution in [1.82, 2.24) is 52.3 Å². The van der Waals surface area contributed by atoms with E-state index in [0.29, 0.717) is 55.4 Å². The molecule has 0 unspecified atom stereocenters. The number of primary amides is 3. The van der Waals surface area contributed by atoms with Crippen LogP contribution in [0.5, 0.6) is 0 Å². The van der Waals surface area contributed by atoms with Crippen LogP contribution in [0.25, 0.3) is 0 Å². The van der Waals surface area contributed by atoms with Gasteiger partial charge < -0.3 is 92.5 Å². The first-order valence-corrected chi connectivity index (χ1v) is 33.6. The van der Waals surface area contributed by atoms with Crippen LogP contribution in [0.2, 0.25) is 0 Å². The Morgan fingerprint density at radius 3 is 1.51 bits per heavy atom. The molecule has 4 rings (SSSR count). The molecule has 31 nitrogen and oxygen atoms in total. The fraction of sp³-hybridized carbons (Fsp3) is 0.587. The number of nitrogens with two attached hydrogens (primary N) is 7. The van der Waals surface area contributed by atoms with Crippen molar-refractivity contribution in [1.29, 1.82) is 0 Å². The predicted molar refractivity (Wildman–Crippen MR) is 356 cm³/mol. The van der Waals surface area contributed by atoms with Crippen molar-refractivity contribution in [3.63, 3.8) is 0 Å². The SMILES string of the molecule is CSCC[C@H](NC(=O)[C@@H](CC(C)C)NC(=O)CNC(=O)[C@@H](Cc1ccccc1)NC(=O)[C@@H](Cc1ccccc1)NC(=O)[C@H](CCC(N)=O)NC(=O)[C@@H](CCC(N)=O)NC(=O)[C@@H]1CCCN1C(=O)[C@@H](CCCCN)NC(=O)[C@@H]1CCCN1C(=O)[C@H](N)CCCN=C(N)N)C(N)=O. The topological polar surface area (TPSA) is 519 Å². The van der Waals surface area contributed by atoms with Gasteiger partial charge in [-0.1, -0.05) is 74.5 Å². The summed E-state index contributed by atoms with van der Waals surface area (Å²) in [6.45, 7) is 3.86. The first-order valence-electron chi connectivity index (χ1n) is 32.2. The number of unbranched alkanes of at least 4 members (excludes halogenated alkanes) is 1. The Bertz CT molecular complexity index is 2960. The van der Waals surface area contributed by atoms with Crippen LogP contribution < -0.4 is 82.7 Å². The molecule has 0 aromatic heterocycles. The maximum atomic E-state index is 14.7. The number of hydrogen-bond acceptors (Lipinski definition) is 17. The minimum atomic E-state index is -1.64. The van der Waals surface area contributed by atoms with Crippen LogP contribution in [0.3, 0.4) is 0 Å². The lowest BCUT2D eigenvalue weighted by Crippen LogP contribution is -2.60. The molecule has 2 fully saturated rings. The number of amides is 13. The summed E-state index contributed by atoms with van der Waals surface area (Å²) >= 11 is 1.45. The van der Waals surface area contributed by atoms with Crippen LogP contribution in [0, 0.1) is 5.92 Å². The summed E-state index contributed by atoms with van der Waals surface area (Å²) in [4.78, 5) is 185. The van der Waals surface area contributed by atoms with Crippen molar-refractivity contribution in [2.24, 2.45) is 51.0 Å². The molecule has 0 aliphatic carbocycles. The fourth-order valence-electron chi connectivity index (χ4n) is 11.0. The van der Waals surface area contributed by atoms with Gasteiger partial charge in [0.25, 0.3) is 0 Å². The van der Waals surface area contributed by atoms with Gasteiger partial charge in [0.15, 0.2) is 5.96 Å². The lowest BCUT2D eigenvalue weighted by atomic mass is 10.0. The summed E-state index contributed by atoms with van der Waals surface area (Å²) in [6.07, 6.45) is 3.12. The molecule has 22 N–H and O–H groups in total. The second-order valence-corrected chi connectivity index (χ2v) is 25.1. The molecule has 13 amide bonds. The average molecular weight is 1350 g/mol. The van der Waals surface area contributed by atoms with E-state index in [1.165, 1.54) is 21.6 Å². The van der Waals surface area contributed by atoms with Crippen LogP contribution in [0.4, 0.5) is 0 Å². The van der Waals surface area contributed by atoms with E-state index in [4.69, 9.17) is 40.1 Å². The maximum Gasteiger partial charge on any atom is 0.245 e. The zero-order valence-electron chi connectivity index (χ0n) is 54.5. The Hall–Kier alpha value is -8.91. The van der Waals surface area contributed by atoms with Gasteiger partial charge in [-0.3, -0.25) is 67.3 Å². The van der Waals surface area contributed by atoms with Gasteiger partial charge in [0, 0.05) is 45.3 Å². The number of rotatable bonds is 42. The third kappa shape index (κ3) is 27.5. The van der Waals surface area contributed by atoms with E-state index in [1.54, 1.807) is 60.7 Å². The summed E-state index contributed by atoms with van der Waals surface area (Å²) in [7, 11) is 0. The molecule has 2 saturated heterocycles. The first kappa shape index (κ1) is 78.5. The summed E-state index contributed by atoms with van der Waals surface area (Å²) in [5, 5.41) is 21.1. The smallest absolute Gasteiger partial charge is 0.245 e. The highest BCUT2D eigenvalue weighted by atomic mass is 32.2.